The van der Waals surface area contributed by atoms with Gasteiger partial charge in [0.25, 0.3) is 0 Å². The van der Waals surface area contributed by atoms with Crippen LogP contribution >= 0.6 is 0 Å². The number of benzene rings is 2. The van der Waals surface area contributed by atoms with Crippen molar-refractivity contribution in [3.63, 3.8) is 0 Å². The molecular weight excluding hydrogens is 462 g/mol. The Bertz CT molecular complexity index is 1220. The van der Waals surface area contributed by atoms with Crippen LogP contribution in [-0.4, -0.2) is 50.8 Å². The monoisotopic (exact) mass is 491 g/mol. The maximum absolute atomic E-state index is 13.2. The predicted octanol–water partition coefficient (Wildman–Crippen LogP) is 4.69. The molecule has 0 fully saturated rings. The molecule has 0 spiro atoms. The van der Waals surface area contributed by atoms with Crippen LogP contribution in [0.2, 0.25) is 0 Å². The Morgan fingerprint density at radius 3 is 2.50 bits per heavy atom. The van der Waals surface area contributed by atoms with E-state index in [1.165, 1.54) is 6.08 Å². The maximum Gasteiger partial charge on any atom is 0.338 e. The zero-order chi connectivity index (χ0) is 25.5. The minimum Gasteiger partial charge on any atom is -0.493 e. The van der Waals surface area contributed by atoms with Gasteiger partial charge in [-0.1, -0.05) is 0 Å². The highest BCUT2D eigenvalue weighted by molar-refractivity contribution is 5.92. The Kier molecular flexibility index (Phi) is 7.95. The number of fused-ring (bicyclic) bond motifs is 1. The topological polar surface area (TPSA) is 87.4 Å². The summed E-state index contributed by atoms with van der Waals surface area (Å²) in [6.07, 6.45) is 5.38. The van der Waals surface area contributed by atoms with Crippen molar-refractivity contribution in [2.75, 3.05) is 34.0 Å². The minimum atomic E-state index is -0.383. The lowest BCUT2D eigenvalue weighted by Crippen LogP contribution is -2.41. The number of hydrogen-bond acceptors (Lipinski definition) is 7. The third-order valence-corrected chi connectivity index (χ3v) is 5.99. The second-order valence-corrected chi connectivity index (χ2v) is 8.11. The summed E-state index contributed by atoms with van der Waals surface area (Å²) in [4.78, 5) is 26.9. The van der Waals surface area contributed by atoms with Crippen LogP contribution in [0, 0.1) is 0 Å². The third-order valence-electron chi connectivity index (χ3n) is 5.99. The summed E-state index contributed by atoms with van der Waals surface area (Å²) < 4.78 is 27.4. The van der Waals surface area contributed by atoms with Gasteiger partial charge in [0.2, 0.25) is 5.91 Å². The molecule has 3 aromatic rings. The van der Waals surface area contributed by atoms with Crippen molar-refractivity contribution in [2.45, 2.75) is 19.4 Å². The van der Waals surface area contributed by atoms with Gasteiger partial charge in [-0.2, -0.15) is 0 Å². The van der Waals surface area contributed by atoms with Crippen molar-refractivity contribution in [3.8, 4) is 17.2 Å². The Morgan fingerprint density at radius 1 is 1.08 bits per heavy atom. The van der Waals surface area contributed by atoms with Gasteiger partial charge in [0.1, 0.15) is 18.1 Å². The molecule has 188 valence electrons. The minimum absolute atomic E-state index is 0.155. The summed E-state index contributed by atoms with van der Waals surface area (Å²) in [7, 11) is 3.18. The Balaban J connectivity index is 1.59. The van der Waals surface area contributed by atoms with Gasteiger partial charge in [-0.15, -0.1) is 0 Å². The summed E-state index contributed by atoms with van der Waals surface area (Å²) in [6.45, 7) is 2.80. The molecule has 0 N–H and O–H groups in total. The van der Waals surface area contributed by atoms with Crippen LogP contribution in [0.25, 0.3) is 6.08 Å². The van der Waals surface area contributed by atoms with Crippen molar-refractivity contribution in [1.82, 2.24) is 4.90 Å². The standard InChI is InChI=1S/C28H29NO7/c1-4-34-28(31)19-7-9-22(10-8-19)36-18-24-23-17-26(33-3)25(32-2)16-20(23)13-14-29(24)27(30)12-11-21-6-5-15-35-21/h5-12,15-17,24H,4,13-14,18H2,1-3H3/b12-11+. The zero-order valence-electron chi connectivity index (χ0n) is 20.6. The first-order valence-corrected chi connectivity index (χ1v) is 11.7. The zero-order valence-corrected chi connectivity index (χ0v) is 20.6. The number of furan rings is 1. The molecule has 4 rings (SSSR count). The van der Waals surface area contributed by atoms with E-state index >= 15 is 0 Å². The van der Waals surface area contributed by atoms with Gasteiger partial charge in [-0.3, -0.25) is 4.79 Å². The molecule has 8 heteroatoms. The van der Waals surface area contributed by atoms with Gasteiger partial charge in [-0.05, 0) is 79.1 Å². The second-order valence-electron chi connectivity index (χ2n) is 8.11. The van der Waals surface area contributed by atoms with Gasteiger partial charge in [0.15, 0.2) is 11.5 Å². The van der Waals surface area contributed by atoms with Crippen molar-refractivity contribution in [1.29, 1.82) is 0 Å². The van der Waals surface area contributed by atoms with Crippen LogP contribution in [0.4, 0.5) is 0 Å². The number of amides is 1. The first-order valence-electron chi connectivity index (χ1n) is 11.7. The first-order chi connectivity index (χ1) is 17.5. The summed E-state index contributed by atoms with van der Waals surface area (Å²) >= 11 is 0. The van der Waals surface area contributed by atoms with E-state index in [0.29, 0.717) is 48.1 Å². The summed E-state index contributed by atoms with van der Waals surface area (Å²) in [5, 5.41) is 0. The van der Waals surface area contributed by atoms with Gasteiger partial charge < -0.3 is 28.3 Å². The van der Waals surface area contributed by atoms with E-state index in [4.69, 9.17) is 23.4 Å². The number of methoxy groups -OCH3 is 2. The number of carbonyl (C=O) groups excluding carboxylic acids is 2. The number of ether oxygens (including phenoxy) is 4. The molecule has 0 saturated heterocycles. The molecule has 1 aliphatic rings. The number of nitrogens with zero attached hydrogens (tertiary/aromatic N) is 1. The lowest BCUT2D eigenvalue weighted by Gasteiger charge is -2.37. The highest BCUT2D eigenvalue weighted by atomic mass is 16.5. The van der Waals surface area contributed by atoms with Crippen LogP contribution in [0.5, 0.6) is 17.2 Å². The van der Waals surface area contributed by atoms with E-state index < -0.39 is 0 Å². The average Bonchev–Trinajstić information content (AvgIpc) is 3.43. The summed E-state index contributed by atoms with van der Waals surface area (Å²) in [5.74, 6) is 1.86. The van der Waals surface area contributed by atoms with Crippen LogP contribution in [0.1, 0.15) is 40.2 Å². The Morgan fingerprint density at radius 2 is 1.83 bits per heavy atom. The largest absolute Gasteiger partial charge is 0.493 e. The summed E-state index contributed by atoms with van der Waals surface area (Å²) in [5.41, 5.74) is 2.45. The van der Waals surface area contributed by atoms with E-state index in [9.17, 15) is 9.59 Å². The maximum atomic E-state index is 13.2. The molecular formula is C28H29NO7. The van der Waals surface area contributed by atoms with Crippen LogP contribution < -0.4 is 14.2 Å². The fraction of sp³-hybridized carbons (Fsp3) is 0.286. The number of carbonyl (C=O) groups is 2. The molecule has 1 aliphatic heterocycles. The molecule has 2 aromatic carbocycles. The smallest absolute Gasteiger partial charge is 0.338 e. The highest BCUT2D eigenvalue weighted by Gasteiger charge is 2.32. The number of hydrogen-bond donors (Lipinski definition) is 0. The van der Waals surface area contributed by atoms with E-state index in [-0.39, 0.29) is 24.5 Å². The molecule has 1 unspecified atom stereocenters. The summed E-state index contributed by atoms with van der Waals surface area (Å²) in [6, 6.07) is 13.8. The van der Waals surface area contributed by atoms with Crippen molar-refractivity contribution in [2.24, 2.45) is 0 Å². The molecule has 36 heavy (non-hydrogen) atoms. The molecule has 0 bridgehead atoms. The predicted molar refractivity (Wildman–Crippen MR) is 133 cm³/mol. The number of esters is 1. The second kappa shape index (κ2) is 11.5. The van der Waals surface area contributed by atoms with Crippen molar-refractivity contribution < 1.29 is 33.0 Å². The van der Waals surface area contributed by atoms with Crippen LogP contribution in [0.15, 0.2) is 65.3 Å². The molecule has 0 saturated carbocycles. The Labute approximate surface area is 210 Å². The molecule has 0 aliphatic carbocycles. The third kappa shape index (κ3) is 5.54. The lowest BCUT2D eigenvalue weighted by atomic mass is 9.92. The molecule has 8 nitrogen and oxygen atoms in total. The first kappa shape index (κ1) is 24.9. The fourth-order valence-electron chi connectivity index (χ4n) is 4.18. The van der Waals surface area contributed by atoms with Crippen molar-refractivity contribution in [3.05, 3.63) is 83.3 Å². The van der Waals surface area contributed by atoms with Gasteiger partial charge >= 0.3 is 5.97 Å². The number of rotatable bonds is 9. The van der Waals surface area contributed by atoms with Gasteiger partial charge in [0.05, 0.1) is 38.7 Å². The van der Waals surface area contributed by atoms with Crippen LogP contribution in [-0.2, 0) is 16.0 Å². The molecule has 1 atom stereocenters. The Hall–Kier alpha value is -4.20. The molecule has 0 radical (unpaired) electrons. The highest BCUT2D eigenvalue weighted by Crippen LogP contribution is 2.38. The molecule has 1 amide bonds. The lowest BCUT2D eigenvalue weighted by molar-refractivity contribution is -0.129. The molecule has 2 heterocycles. The van der Waals surface area contributed by atoms with E-state index in [2.05, 4.69) is 0 Å². The van der Waals surface area contributed by atoms with E-state index in [0.717, 1.165) is 11.1 Å². The average molecular weight is 492 g/mol. The van der Waals surface area contributed by atoms with Crippen LogP contribution in [0.3, 0.4) is 0 Å². The quantitative estimate of drug-likeness (QED) is 0.317. The normalized spacial score (nSPS) is 14.9. The van der Waals surface area contributed by atoms with E-state index in [1.54, 1.807) is 74.8 Å². The molecule has 1 aromatic heterocycles. The van der Waals surface area contributed by atoms with Crippen molar-refractivity contribution >= 4 is 18.0 Å². The SMILES string of the molecule is CCOC(=O)c1ccc(OCC2c3cc(OC)c(OC)cc3CCN2C(=O)/C=C/c2ccco2)cc1. The van der Waals surface area contributed by atoms with Gasteiger partial charge in [0, 0.05) is 12.6 Å². The van der Waals surface area contributed by atoms with Gasteiger partial charge in [-0.25, -0.2) is 4.79 Å². The van der Waals surface area contributed by atoms with E-state index in [1.807, 2.05) is 12.1 Å². The fourth-order valence-corrected chi connectivity index (χ4v) is 4.18.